The van der Waals surface area contributed by atoms with Crippen molar-refractivity contribution in [2.24, 2.45) is 0 Å². The molecule has 0 bridgehead atoms. The van der Waals surface area contributed by atoms with Gasteiger partial charge in [0.2, 0.25) is 9.84 Å². The number of rotatable bonds is 3. The first-order valence-electron chi connectivity index (χ1n) is 14.0. The van der Waals surface area contributed by atoms with Crippen LogP contribution in [-0.2, 0) is 9.84 Å². The zero-order valence-corrected chi connectivity index (χ0v) is 23.5. The van der Waals surface area contributed by atoms with Crippen LogP contribution in [0.25, 0.3) is 65.6 Å². The predicted octanol–water partition coefficient (Wildman–Crippen LogP) is 8.64. The minimum atomic E-state index is -3.79. The Hall–Kier alpha value is -5.64. The van der Waals surface area contributed by atoms with Gasteiger partial charge in [0, 0.05) is 32.6 Å². The van der Waals surface area contributed by atoms with Crippen molar-refractivity contribution in [2.75, 3.05) is 0 Å². The van der Waals surface area contributed by atoms with E-state index in [0.29, 0.717) is 5.56 Å². The van der Waals surface area contributed by atoms with Crippen LogP contribution in [0.15, 0.2) is 137 Å². The molecule has 0 atom stereocenters. The zero-order chi connectivity index (χ0) is 28.9. The second kappa shape index (κ2) is 8.45. The summed E-state index contributed by atoms with van der Waals surface area (Å²) in [4.78, 5) is 0.294. The van der Waals surface area contributed by atoms with Gasteiger partial charge >= 0.3 is 0 Å². The molecule has 43 heavy (non-hydrogen) atoms. The molecule has 0 aliphatic carbocycles. The molecule has 0 saturated heterocycles. The van der Waals surface area contributed by atoms with Gasteiger partial charge in [-0.05, 0) is 72.1 Å². The lowest BCUT2D eigenvalue weighted by Crippen LogP contribution is -2.03. The van der Waals surface area contributed by atoms with E-state index in [-0.39, 0.29) is 9.79 Å². The molecule has 0 aliphatic rings. The van der Waals surface area contributed by atoms with Crippen LogP contribution in [0.1, 0.15) is 5.56 Å². The van der Waals surface area contributed by atoms with Crippen LogP contribution in [0.5, 0.6) is 0 Å². The summed E-state index contributed by atoms with van der Waals surface area (Å²) in [5.41, 5.74) is 6.81. The van der Waals surface area contributed by atoms with E-state index in [1.807, 2.05) is 18.2 Å². The van der Waals surface area contributed by atoms with Gasteiger partial charge < -0.3 is 8.97 Å². The SMILES string of the molecule is N#Cc1cccc(S(=O)(=O)c2ccc(-n3c4cccc5c6ccccc6n6c7ccccc7c7ccc3c(c54)c76)cc2)c1. The summed E-state index contributed by atoms with van der Waals surface area (Å²) < 4.78 is 31.5. The molecule has 0 unspecified atom stereocenters. The Morgan fingerprint density at radius 3 is 1.91 bits per heavy atom. The summed E-state index contributed by atoms with van der Waals surface area (Å²) in [6.45, 7) is 0. The average molecular weight is 572 g/mol. The molecule has 202 valence electrons. The highest BCUT2D eigenvalue weighted by Crippen LogP contribution is 2.45. The van der Waals surface area contributed by atoms with Crippen LogP contribution in [-0.4, -0.2) is 17.4 Å². The van der Waals surface area contributed by atoms with E-state index >= 15 is 0 Å². The molecule has 0 radical (unpaired) electrons. The highest BCUT2D eigenvalue weighted by molar-refractivity contribution is 7.91. The summed E-state index contributed by atoms with van der Waals surface area (Å²) >= 11 is 0. The van der Waals surface area contributed by atoms with Crippen LogP contribution in [0.2, 0.25) is 0 Å². The van der Waals surface area contributed by atoms with Crippen molar-refractivity contribution >= 4 is 69.7 Å². The molecule has 0 amide bonds. The molecule has 0 fully saturated rings. The molecule has 3 heterocycles. The topological polar surface area (TPSA) is 67.3 Å². The number of aromatic nitrogens is 2. The second-order valence-corrected chi connectivity index (χ2v) is 12.8. The Bertz CT molecular complexity index is 2750. The van der Waals surface area contributed by atoms with Gasteiger partial charge in [-0.1, -0.05) is 60.7 Å². The number of fused-ring (bicyclic) bond motifs is 6. The van der Waals surface area contributed by atoms with Gasteiger partial charge in [-0.15, -0.1) is 0 Å². The Kier molecular flexibility index (Phi) is 4.72. The first-order valence-corrected chi connectivity index (χ1v) is 15.5. The van der Waals surface area contributed by atoms with Crippen molar-refractivity contribution in [3.8, 4) is 11.8 Å². The molecule has 0 aliphatic heterocycles. The van der Waals surface area contributed by atoms with Gasteiger partial charge in [-0.25, -0.2) is 8.42 Å². The summed E-state index contributed by atoms with van der Waals surface area (Å²) in [6, 6.07) is 43.2. The molecule has 5 nitrogen and oxygen atoms in total. The third-order valence-electron chi connectivity index (χ3n) is 8.70. The summed E-state index contributed by atoms with van der Waals surface area (Å²) in [5.74, 6) is 0. The van der Waals surface area contributed by atoms with Crippen LogP contribution < -0.4 is 0 Å². The number of sulfone groups is 1. The number of benzene rings is 6. The quantitative estimate of drug-likeness (QED) is 0.213. The first-order chi connectivity index (χ1) is 21.1. The highest BCUT2D eigenvalue weighted by Gasteiger charge is 2.23. The zero-order valence-electron chi connectivity index (χ0n) is 22.7. The molecule has 0 N–H and O–H groups in total. The molecule has 3 aromatic heterocycles. The molecule has 6 aromatic carbocycles. The average Bonchev–Trinajstić information content (AvgIpc) is 3.53. The van der Waals surface area contributed by atoms with Crippen molar-refractivity contribution in [3.05, 3.63) is 133 Å². The fourth-order valence-electron chi connectivity index (χ4n) is 6.89. The Labute approximate surface area is 246 Å². The van der Waals surface area contributed by atoms with Crippen molar-refractivity contribution in [3.63, 3.8) is 0 Å². The monoisotopic (exact) mass is 571 g/mol. The maximum Gasteiger partial charge on any atom is 0.206 e. The smallest absolute Gasteiger partial charge is 0.206 e. The summed E-state index contributed by atoms with van der Waals surface area (Å²) in [5, 5.41) is 16.4. The van der Waals surface area contributed by atoms with E-state index < -0.39 is 9.84 Å². The normalized spacial score (nSPS) is 12.3. The Morgan fingerprint density at radius 2 is 1.16 bits per heavy atom. The minimum Gasteiger partial charge on any atom is -0.309 e. The molecule has 0 spiro atoms. The number of nitriles is 1. The standard InChI is InChI=1S/C37H21N3O2S/c38-22-23-7-5-8-26(21-23)43(41,42)25-17-15-24(16-18-25)39-33-14-6-11-29-27-9-1-3-12-31(27)40-32-13-4-2-10-28(32)30-19-20-34(39)36(35(29)33)37(30)40/h1-21H. The van der Waals surface area contributed by atoms with E-state index in [1.165, 1.54) is 55.5 Å². The van der Waals surface area contributed by atoms with Crippen molar-refractivity contribution in [1.82, 2.24) is 8.97 Å². The van der Waals surface area contributed by atoms with Gasteiger partial charge in [-0.2, -0.15) is 5.26 Å². The fraction of sp³-hybridized carbons (Fsp3) is 0. The lowest BCUT2D eigenvalue weighted by atomic mass is 10.0. The van der Waals surface area contributed by atoms with E-state index in [9.17, 15) is 13.7 Å². The van der Waals surface area contributed by atoms with Gasteiger partial charge in [0.25, 0.3) is 0 Å². The van der Waals surface area contributed by atoms with E-state index in [0.717, 1.165) is 22.2 Å². The van der Waals surface area contributed by atoms with Crippen LogP contribution in [0.4, 0.5) is 0 Å². The van der Waals surface area contributed by atoms with E-state index in [1.54, 1.807) is 24.3 Å². The van der Waals surface area contributed by atoms with E-state index in [4.69, 9.17) is 0 Å². The molecule has 9 aromatic rings. The number of hydrogen-bond donors (Lipinski definition) is 0. The lowest BCUT2D eigenvalue weighted by Gasteiger charge is -2.11. The predicted molar refractivity (Wildman–Crippen MR) is 172 cm³/mol. The largest absolute Gasteiger partial charge is 0.309 e. The molecule has 0 saturated carbocycles. The van der Waals surface area contributed by atoms with Gasteiger partial charge in [-0.3, -0.25) is 0 Å². The lowest BCUT2D eigenvalue weighted by molar-refractivity contribution is 0.596. The van der Waals surface area contributed by atoms with Gasteiger partial charge in [0.05, 0.1) is 49.0 Å². The summed E-state index contributed by atoms with van der Waals surface area (Å²) in [6.07, 6.45) is 0. The Balaban J connectivity index is 1.37. The molecular formula is C37H21N3O2S. The minimum absolute atomic E-state index is 0.108. The highest BCUT2D eigenvalue weighted by atomic mass is 32.2. The fourth-order valence-corrected chi connectivity index (χ4v) is 8.20. The van der Waals surface area contributed by atoms with Crippen LogP contribution in [0.3, 0.4) is 0 Å². The maximum atomic E-state index is 13.4. The third kappa shape index (κ3) is 3.12. The van der Waals surface area contributed by atoms with E-state index in [2.05, 4.69) is 87.8 Å². The maximum absolute atomic E-state index is 13.4. The molecular weight excluding hydrogens is 550 g/mol. The van der Waals surface area contributed by atoms with Crippen LogP contribution in [0, 0.1) is 11.3 Å². The molecule has 6 heteroatoms. The number of hydrogen-bond acceptors (Lipinski definition) is 3. The number of nitrogens with zero attached hydrogens (tertiary/aromatic N) is 3. The van der Waals surface area contributed by atoms with Crippen molar-refractivity contribution < 1.29 is 8.42 Å². The second-order valence-electron chi connectivity index (χ2n) is 10.9. The molecule has 9 rings (SSSR count). The van der Waals surface area contributed by atoms with Crippen molar-refractivity contribution in [2.45, 2.75) is 9.79 Å². The van der Waals surface area contributed by atoms with Crippen molar-refractivity contribution in [1.29, 1.82) is 5.26 Å². The van der Waals surface area contributed by atoms with Gasteiger partial charge in [0.15, 0.2) is 0 Å². The number of para-hydroxylation sites is 2. The summed E-state index contributed by atoms with van der Waals surface area (Å²) in [7, 11) is -3.79. The first kappa shape index (κ1) is 24.0. The third-order valence-corrected chi connectivity index (χ3v) is 10.5. The van der Waals surface area contributed by atoms with Gasteiger partial charge in [0.1, 0.15) is 0 Å². The Morgan fingerprint density at radius 1 is 0.535 bits per heavy atom. The van der Waals surface area contributed by atoms with Crippen LogP contribution >= 0.6 is 0 Å².